The van der Waals surface area contributed by atoms with E-state index < -0.39 is 10.0 Å². The fourth-order valence-electron chi connectivity index (χ4n) is 1.59. The van der Waals surface area contributed by atoms with Gasteiger partial charge in [-0.1, -0.05) is 0 Å². The Hall–Kier alpha value is -0.960. The zero-order valence-corrected chi connectivity index (χ0v) is 14.0. The molecule has 108 valence electrons. The van der Waals surface area contributed by atoms with Gasteiger partial charge in [-0.05, 0) is 41.1 Å². The summed E-state index contributed by atoms with van der Waals surface area (Å²) in [6.07, 6.45) is 0.569. The molecule has 0 aliphatic rings. The van der Waals surface area contributed by atoms with Gasteiger partial charge in [0.15, 0.2) is 0 Å². The Morgan fingerprint density at radius 3 is 2.80 bits per heavy atom. The molecule has 8 heteroatoms. The average Bonchev–Trinajstić information content (AvgIpc) is 2.78. The summed E-state index contributed by atoms with van der Waals surface area (Å²) in [6, 6.07) is 4.53. The van der Waals surface area contributed by atoms with Crippen molar-refractivity contribution in [3.63, 3.8) is 0 Å². The van der Waals surface area contributed by atoms with Gasteiger partial charge in [-0.3, -0.25) is 0 Å². The second-order valence-corrected chi connectivity index (χ2v) is 7.87. The molecule has 1 aromatic heterocycles. The minimum absolute atomic E-state index is 0.188. The molecule has 2 aromatic rings. The van der Waals surface area contributed by atoms with Crippen molar-refractivity contribution in [3.8, 4) is 0 Å². The number of aryl methyl sites for hydroxylation is 1. The smallest absolute Gasteiger partial charge is 0.240 e. The highest BCUT2D eigenvalue weighted by Gasteiger charge is 2.14. The lowest BCUT2D eigenvalue weighted by molar-refractivity contribution is 0.581. The molecule has 0 aliphatic heterocycles. The number of sulfonamides is 1. The van der Waals surface area contributed by atoms with Gasteiger partial charge in [-0.2, -0.15) is 0 Å². The molecule has 0 fully saturated rings. The molecule has 1 heterocycles. The summed E-state index contributed by atoms with van der Waals surface area (Å²) in [6.45, 7) is 2.23. The van der Waals surface area contributed by atoms with E-state index in [2.05, 4.69) is 25.6 Å². The summed E-state index contributed by atoms with van der Waals surface area (Å²) >= 11 is 4.77. The molecule has 0 amide bonds. The Morgan fingerprint density at radius 1 is 1.45 bits per heavy atom. The Labute approximate surface area is 130 Å². The largest absolute Gasteiger partial charge is 0.398 e. The van der Waals surface area contributed by atoms with Crippen LogP contribution in [0.1, 0.15) is 10.7 Å². The van der Waals surface area contributed by atoms with Crippen molar-refractivity contribution in [2.45, 2.75) is 18.2 Å². The number of hydrogen-bond acceptors (Lipinski definition) is 5. The molecule has 0 saturated heterocycles. The first-order valence-corrected chi connectivity index (χ1v) is 9.00. The van der Waals surface area contributed by atoms with E-state index >= 15 is 0 Å². The van der Waals surface area contributed by atoms with E-state index in [9.17, 15) is 8.42 Å². The Morgan fingerprint density at radius 2 is 2.20 bits per heavy atom. The minimum atomic E-state index is -3.52. The molecule has 0 bridgehead atoms. The molecule has 0 radical (unpaired) electrons. The summed E-state index contributed by atoms with van der Waals surface area (Å²) in [5, 5.41) is 2.91. The first kappa shape index (κ1) is 15.4. The van der Waals surface area contributed by atoms with Crippen LogP contribution in [-0.4, -0.2) is 19.9 Å². The van der Waals surface area contributed by atoms with Crippen LogP contribution in [0.2, 0.25) is 0 Å². The molecule has 3 N–H and O–H groups in total. The highest BCUT2D eigenvalue weighted by Crippen LogP contribution is 2.22. The van der Waals surface area contributed by atoms with Crippen molar-refractivity contribution < 1.29 is 8.42 Å². The maximum atomic E-state index is 12.1. The standard InChI is InChI=1S/C12H14BrN3O2S2/c1-8-16-9(7-19-8)4-5-15-20(17,18)10-2-3-12(14)11(13)6-10/h2-3,6-7,15H,4-5,14H2,1H3. The highest BCUT2D eigenvalue weighted by molar-refractivity contribution is 9.10. The van der Waals surface area contributed by atoms with Gasteiger partial charge in [0.05, 0.1) is 15.6 Å². The van der Waals surface area contributed by atoms with Crippen molar-refractivity contribution in [2.24, 2.45) is 0 Å². The van der Waals surface area contributed by atoms with Crippen molar-refractivity contribution >= 4 is 43.0 Å². The van der Waals surface area contributed by atoms with Gasteiger partial charge in [0.1, 0.15) is 0 Å². The van der Waals surface area contributed by atoms with Crippen LogP contribution < -0.4 is 10.5 Å². The number of aromatic nitrogens is 1. The SMILES string of the molecule is Cc1nc(CCNS(=O)(=O)c2ccc(N)c(Br)c2)cs1. The van der Waals surface area contributed by atoms with E-state index in [1.165, 1.54) is 12.1 Å². The maximum Gasteiger partial charge on any atom is 0.240 e. The third-order valence-electron chi connectivity index (χ3n) is 2.62. The Kier molecular flexibility index (Phi) is 4.79. The highest BCUT2D eigenvalue weighted by atomic mass is 79.9. The van der Waals surface area contributed by atoms with Crippen LogP contribution in [0.15, 0.2) is 32.9 Å². The second kappa shape index (κ2) is 6.21. The number of nitrogens with one attached hydrogen (secondary N) is 1. The lowest BCUT2D eigenvalue weighted by Gasteiger charge is -2.07. The summed E-state index contributed by atoms with van der Waals surface area (Å²) in [7, 11) is -3.52. The van der Waals surface area contributed by atoms with Crippen LogP contribution in [0.25, 0.3) is 0 Å². The fourth-order valence-corrected chi connectivity index (χ4v) is 3.83. The van der Waals surface area contributed by atoms with Crippen LogP contribution in [-0.2, 0) is 16.4 Å². The number of rotatable bonds is 5. The number of thiazole rings is 1. The van der Waals surface area contributed by atoms with Crippen LogP contribution in [0, 0.1) is 6.92 Å². The third kappa shape index (κ3) is 3.78. The fraction of sp³-hybridized carbons (Fsp3) is 0.250. The van der Waals surface area contributed by atoms with E-state index in [1.54, 1.807) is 17.4 Å². The normalized spacial score (nSPS) is 11.7. The lowest BCUT2D eigenvalue weighted by atomic mass is 10.3. The molecular weight excluding hydrogens is 362 g/mol. The average molecular weight is 376 g/mol. The summed E-state index contributed by atoms with van der Waals surface area (Å²) in [4.78, 5) is 4.48. The quantitative estimate of drug-likeness (QED) is 0.785. The zero-order valence-electron chi connectivity index (χ0n) is 10.8. The summed E-state index contributed by atoms with van der Waals surface area (Å²) in [5.74, 6) is 0. The van der Waals surface area contributed by atoms with E-state index in [0.29, 0.717) is 23.1 Å². The summed E-state index contributed by atoms with van der Waals surface area (Å²) < 4.78 is 27.3. The molecule has 0 spiro atoms. The second-order valence-electron chi connectivity index (χ2n) is 4.19. The topological polar surface area (TPSA) is 85.1 Å². The molecule has 1 aromatic carbocycles. The van der Waals surface area contributed by atoms with Crippen molar-refractivity contribution in [1.82, 2.24) is 9.71 Å². The van der Waals surface area contributed by atoms with Crippen molar-refractivity contribution in [2.75, 3.05) is 12.3 Å². The number of nitrogens with zero attached hydrogens (tertiary/aromatic N) is 1. The van der Waals surface area contributed by atoms with Crippen LogP contribution in [0.3, 0.4) is 0 Å². The molecular formula is C12H14BrN3O2S2. The van der Waals surface area contributed by atoms with Crippen LogP contribution >= 0.6 is 27.3 Å². The van der Waals surface area contributed by atoms with Crippen LogP contribution in [0.4, 0.5) is 5.69 Å². The lowest BCUT2D eigenvalue weighted by Crippen LogP contribution is -2.26. The van der Waals surface area contributed by atoms with E-state index in [-0.39, 0.29) is 4.90 Å². The first-order chi connectivity index (χ1) is 9.38. The van der Waals surface area contributed by atoms with E-state index in [1.807, 2.05) is 12.3 Å². The van der Waals surface area contributed by atoms with E-state index in [0.717, 1.165) is 10.7 Å². The number of benzene rings is 1. The van der Waals surface area contributed by atoms with Crippen molar-refractivity contribution in [3.05, 3.63) is 38.8 Å². The van der Waals surface area contributed by atoms with Gasteiger partial charge in [0.2, 0.25) is 10.0 Å². The molecule has 0 unspecified atom stereocenters. The van der Waals surface area contributed by atoms with Gasteiger partial charge >= 0.3 is 0 Å². The zero-order chi connectivity index (χ0) is 14.8. The predicted molar refractivity (Wildman–Crippen MR) is 84.3 cm³/mol. The molecule has 5 nitrogen and oxygen atoms in total. The van der Waals surface area contributed by atoms with Crippen molar-refractivity contribution in [1.29, 1.82) is 0 Å². The van der Waals surface area contributed by atoms with Gasteiger partial charge in [-0.15, -0.1) is 11.3 Å². The van der Waals surface area contributed by atoms with Gasteiger partial charge in [0, 0.05) is 28.5 Å². The Bertz CT molecular complexity index is 713. The maximum absolute atomic E-state index is 12.1. The Balaban J connectivity index is 2.02. The molecule has 0 atom stereocenters. The molecule has 20 heavy (non-hydrogen) atoms. The monoisotopic (exact) mass is 375 g/mol. The first-order valence-electron chi connectivity index (χ1n) is 5.84. The van der Waals surface area contributed by atoms with Crippen LogP contribution in [0.5, 0.6) is 0 Å². The number of halogens is 1. The third-order valence-corrected chi connectivity index (χ3v) is 5.59. The summed E-state index contributed by atoms with van der Waals surface area (Å²) in [5.41, 5.74) is 7.04. The number of nitrogen functional groups attached to an aromatic ring is 1. The van der Waals surface area contributed by atoms with Gasteiger partial charge in [0.25, 0.3) is 0 Å². The molecule has 0 saturated carbocycles. The van der Waals surface area contributed by atoms with Gasteiger partial charge in [-0.25, -0.2) is 18.1 Å². The predicted octanol–water partition coefficient (Wildman–Crippen LogP) is 2.32. The number of nitrogens with two attached hydrogens (primary N) is 1. The van der Waals surface area contributed by atoms with Gasteiger partial charge < -0.3 is 5.73 Å². The number of anilines is 1. The molecule has 0 aliphatic carbocycles. The number of hydrogen-bond donors (Lipinski definition) is 2. The minimum Gasteiger partial charge on any atom is -0.398 e. The molecule has 2 rings (SSSR count). The van der Waals surface area contributed by atoms with E-state index in [4.69, 9.17) is 5.73 Å².